The fraction of sp³-hybridized carbons (Fsp3) is 0.400. The van der Waals surface area contributed by atoms with Crippen LogP contribution >= 0.6 is 0 Å². The van der Waals surface area contributed by atoms with Gasteiger partial charge in [0, 0.05) is 19.6 Å². The number of carbonyl (C=O) groups is 1. The molecule has 0 radical (unpaired) electrons. The normalized spacial score (nSPS) is 21.2. The first-order valence-electron chi connectivity index (χ1n) is 10.7. The molecule has 2 aliphatic rings. The first-order valence-corrected chi connectivity index (χ1v) is 10.7. The molecule has 2 aromatic rings. The van der Waals surface area contributed by atoms with Crippen molar-refractivity contribution in [3.05, 3.63) is 66.9 Å². The highest BCUT2D eigenvalue weighted by molar-refractivity contribution is 5.78. The molecule has 2 aromatic carbocycles. The standard InChI is InChI=1S/C25H30N2O2/c1-26(23-11-5-6-12-24(23)27-17-7-8-18-27)25(28)19-29-22-15-13-21(14-16-22)20-9-3-2-4-10-20/h2-4,7,9-10,13-17,23-24H,5-6,8,11-12,18-19H2,1H3/t23-,24-/m1/s1. The zero-order chi connectivity index (χ0) is 20.1. The summed E-state index contributed by atoms with van der Waals surface area (Å²) in [7, 11) is 1.94. The van der Waals surface area contributed by atoms with Crippen LogP contribution < -0.4 is 4.74 Å². The first kappa shape index (κ1) is 19.6. The minimum Gasteiger partial charge on any atom is -0.484 e. The Bertz CT molecular complexity index is 832. The molecule has 1 fully saturated rings. The van der Waals surface area contributed by atoms with Crippen LogP contribution in [-0.4, -0.2) is 48.0 Å². The Morgan fingerprint density at radius 3 is 2.48 bits per heavy atom. The Hall–Kier alpha value is -2.75. The second-order valence-corrected chi connectivity index (χ2v) is 8.01. The van der Waals surface area contributed by atoms with Gasteiger partial charge < -0.3 is 14.5 Å². The molecule has 4 heteroatoms. The van der Waals surface area contributed by atoms with Crippen molar-refractivity contribution in [2.45, 2.75) is 44.2 Å². The van der Waals surface area contributed by atoms with Crippen molar-refractivity contribution in [2.75, 3.05) is 20.2 Å². The topological polar surface area (TPSA) is 32.8 Å². The average molecular weight is 391 g/mol. The van der Waals surface area contributed by atoms with E-state index in [9.17, 15) is 4.79 Å². The predicted octanol–water partition coefficient (Wildman–Crippen LogP) is 4.72. The van der Waals surface area contributed by atoms with Gasteiger partial charge in [-0.3, -0.25) is 4.79 Å². The van der Waals surface area contributed by atoms with Gasteiger partial charge in [0.05, 0.1) is 6.04 Å². The van der Waals surface area contributed by atoms with Crippen LogP contribution in [0, 0.1) is 0 Å². The fourth-order valence-corrected chi connectivity index (χ4v) is 4.52. The summed E-state index contributed by atoms with van der Waals surface area (Å²) in [5.41, 5.74) is 2.32. The van der Waals surface area contributed by atoms with Crippen LogP contribution in [0.5, 0.6) is 5.75 Å². The molecular formula is C25H30N2O2. The number of amides is 1. The number of nitrogens with zero attached hydrogens (tertiary/aromatic N) is 2. The molecule has 0 aromatic heterocycles. The third-order valence-corrected chi connectivity index (χ3v) is 6.19. The molecule has 0 N–H and O–H groups in total. The van der Waals surface area contributed by atoms with Crippen LogP contribution in [0.15, 0.2) is 66.9 Å². The van der Waals surface area contributed by atoms with Gasteiger partial charge in [-0.2, -0.15) is 0 Å². The van der Waals surface area contributed by atoms with Gasteiger partial charge >= 0.3 is 0 Å². The molecule has 1 aliphatic carbocycles. The molecule has 1 heterocycles. The van der Waals surface area contributed by atoms with Crippen molar-refractivity contribution >= 4 is 5.91 Å². The molecule has 1 amide bonds. The monoisotopic (exact) mass is 390 g/mol. The van der Waals surface area contributed by atoms with E-state index in [0.717, 1.165) is 37.1 Å². The van der Waals surface area contributed by atoms with Gasteiger partial charge in [-0.05, 0) is 48.7 Å². The zero-order valence-corrected chi connectivity index (χ0v) is 17.2. The molecule has 1 aliphatic heterocycles. The fourth-order valence-electron chi connectivity index (χ4n) is 4.52. The van der Waals surface area contributed by atoms with Crippen molar-refractivity contribution in [1.29, 1.82) is 0 Å². The Labute approximate surface area is 173 Å². The summed E-state index contributed by atoms with van der Waals surface area (Å²) in [6, 6.07) is 18.9. The van der Waals surface area contributed by atoms with Crippen molar-refractivity contribution in [3.8, 4) is 16.9 Å². The van der Waals surface area contributed by atoms with E-state index in [1.807, 2.05) is 54.4 Å². The number of hydrogen-bond acceptors (Lipinski definition) is 3. The summed E-state index contributed by atoms with van der Waals surface area (Å²) < 4.78 is 5.81. The first-order chi connectivity index (χ1) is 14.2. The second kappa shape index (κ2) is 9.17. The van der Waals surface area contributed by atoms with Gasteiger partial charge in [0.1, 0.15) is 5.75 Å². The molecule has 4 nitrogen and oxygen atoms in total. The van der Waals surface area contributed by atoms with Crippen molar-refractivity contribution < 1.29 is 9.53 Å². The summed E-state index contributed by atoms with van der Waals surface area (Å²) in [5, 5.41) is 0. The Kier molecular flexibility index (Phi) is 6.18. The molecule has 2 atom stereocenters. The number of likely N-dealkylation sites (N-methyl/N-ethyl adjacent to an activating group) is 1. The van der Waals surface area contributed by atoms with Gasteiger partial charge in [0.2, 0.25) is 0 Å². The van der Waals surface area contributed by atoms with E-state index >= 15 is 0 Å². The summed E-state index contributed by atoms with van der Waals surface area (Å²) in [6.07, 6.45) is 10.2. The van der Waals surface area contributed by atoms with Gasteiger partial charge in [0.15, 0.2) is 6.61 Å². The van der Waals surface area contributed by atoms with E-state index in [1.165, 1.54) is 18.4 Å². The summed E-state index contributed by atoms with van der Waals surface area (Å²) in [6.45, 7) is 1.16. The molecule has 4 rings (SSSR count). The highest BCUT2D eigenvalue weighted by Gasteiger charge is 2.34. The summed E-state index contributed by atoms with van der Waals surface area (Å²) in [5.74, 6) is 0.784. The zero-order valence-electron chi connectivity index (χ0n) is 17.2. The molecule has 29 heavy (non-hydrogen) atoms. The van der Waals surface area contributed by atoms with E-state index in [-0.39, 0.29) is 18.6 Å². The molecular weight excluding hydrogens is 360 g/mol. The third-order valence-electron chi connectivity index (χ3n) is 6.19. The maximum atomic E-state index is 12.8. The summed E-state index contributed by atoms with van der Waals surface area (Å²) in [4.78, 5) is 17.2. The molecule has 0 bridgehead atoms. The van der Waals surface area contributed by atoms with Crippen molar-refractivity contribution in [1.82, 2.24) is 9.80 Å². The maximum absolute atomic E-state index is 12.8. The minimum atomic E-state index is 0.0530. The number of benzene rings is 2. The van der Waals surface area contributed by atoms with Crippen LogP contribution in [0.3, 0.4) is 0 Å². The van der Waals surface area contributed by atoms with E-state index in [1.54, 1.807) is 0 Å². The lowest BCUT2D eigenvalue weighted by atomic mass is 9.88. The lowest BCUT2D eigenvalue weighted by Gasteiger charge is -2.42. The van der Waals surface area contributed by atoms with E-state index < -0.39 is 0 Å². The molecule has 152 valence electrons. The molecule has 0 spiro atoms. The highest BCUT2D eigenvalue weighted by atomic mass is 16.5. The molecule has 1 saturated carbocycles. The lowest BCUT2D eigenvalue weighted by Crippen LogP contribution is -2.53. The van der Waals surface area contributed by atoms with Gasteiger partial charge in [-0.25, -0.2) is 0 Å². The smallest absolute Gasteiger partial charge is 0.260 e. The maximum Gasteiger partial charge on any atom is 0.260 e. The van der Waals surface area contributed by atoms with Gasteiger partial charge in [-0.1, -0.05) is 61.4 Å². The van der Waals surface area contributed by atoms with Crippen LogP contribution in [0.1, 0.15) is 32.1 Å². The Balaban J connectivity index is 1.34. The SMILES string of the molecule is CN(C(=O)COc1ccc(-c2ccccc2)cc1)[C@@H]1CCCC[C@H]1N1C=CCC1. The second-order valence-electron chi connectivity index (χ2n) is 8.01. The van der Waals surface area contributed by atoms with E-state index in [2.05, 4.69) is 29.3 Å². The number of rotatable bonds is 6. The average Bonchev–Trinajstić information content (AvgIpc) is 3.33. The summed E-state index contributed by atoms with van der Waals surface area (Å²) >= 11 is 0. The Morgan fingerprint density at radius 1 is 1.03 bits per heavy atom. The predicted molar refractivity (Wildman–Crippen MR) is 117 cm³/mol. The van der Waals surface area contributed by atoms with Crippen LogP contribution in [0.2, 0.25) is 0 Å². The molecule has 0 saturated heterocycles. The lowest BCUT2D eigenvalue weighted by molar-refractivity contribution is -0.136. The van der Waals surface area contributed by atoms with Gasteiger partial charge in [-0.15, -0.1) is 0 Å². The third kappa shape index (κ3) is 4.64. The van der Waals surface area contributed by atoms with Crippen molar-refractivity contribution in [2.24, 2.45) is 0 Å². The molecule has 0 unspecified atom stereocenters. The number of hydrogen-bond donors (Lipinski definition) is 0. The van der Waals surface area contributed by atoms with E-state index in [4.69, 9.17) is 4.74 Å². The Morgan fingerprint density at radius 2 is 1.76 bits per heavy atom. The van der Waals surface area contributed by atoms with Crippen LogP contribution in [0.4, 0.5) is 0 Å². The highest BCUT2D eigenvalue weighted by Crippen LogP contribution is 2.29. The van der Waals surface area contributed by atoms with Crippen LogP contribution in [-0.2, 0) is 4.79 Å². The van der Waals surface area contributed by atoms with E-state index in [0.29, 0.717) is 6.04 Å². The van der Waals surface area contributed by atoms with Gasteiger partial charge in [0.25, 0.3) is 5.91 Å². The minimum absolute atomic E-state index is 0.0530. The number of ether oxygens (including phenoxy) is 1. The number of carbonyl (C=O) groups excluding carboxylic acids is 1. The quantitative estimate of drug-likeness (QED) is 0.715. The largest absolute Gasteiger partial charge is 0.484 e. The van der Waals surface area contributed by atoms with Crippen LogP contribution in [0.25, 0.3) is 11.1 Å². The van der Waals surface area contributed by atoms with Crippen molar-refractivity contribution in [3.63, 3.8) is 0 Å².